The van der Waals surface area contributed by atoms with Crippen LogP contribution in [0.2, 0.25) is 0 Å². The molecule has 1 aliphatic rings. The van der Waals surface area contributed by atoms with Gasteiger partial charge < -0.3 is 10.2 Å². The Bertz CT molecular complexity index is 963. The molecule has 8 heteroatoms. The van der Waals surface area contributed by atoms with E-state index in [1.807, 2.05) is 25.1 Å². The summed E-state index contributed by atoms with van der Waals surface area (Å²) in [5, 5.41) is 8.16. The van der Waals surface area contributed by atoms with Crippen LogP contribution in [0.25, 0.3) is 11.0 Å². The van der Waals surface area contributed by atoms with E-state index in [9.17, 15) is 4.79 Å². The minimum atomic E-state index is -0.141. The van der Waals surface area contributed by atoms with Gasteiger partial charge in [0.05, 0.1) is 11.6 Å². The van der Waals surface area contributed by atoms with Gasteiger partial charge in [0.2, 0.25) is 5.91 Å². The van der Waals surface area contributed by atoms with Crippen LogP contribution in [-0.2, 0) is 11.3 Å². The fourth-order valence-corrected chi connectivity index (χ4v) is 3.48. The molecule has 0 unspecified atom stereocenters. The predicted molar refractivity (Wildman–Crippen MR) is 104 cm³/mol. The highest BCUT2D eigenvalue weighted by atomic mass is 79.9. The first-order chi connectivity index (χ1) is 12.6. The van der Waals surface area contributed by atoms with Gasteiger partial charge in [0, 0.05) is 23.2 Å². The standard InChI is InChI=1S/C18H19BrN6O/c1-12-8-13(4-5-15(12)19)23-16(26)10-25-18-14(9-22-25)17(20-11-21-18)24-6-2-3-7-24/h4-5,8-9,11H,2-3,6-7,10H2,1H3,(H,23,26). The molecule has 0 saturated carbocycles. The zero-order chi connectivity index (χ0) is 18.1. The normalized spacial score (nSPS) is 14.2. The van der Waals surface area contributed by atoms with Gasteiger partial charge in [-0.05, 0) is 43.5 Å². The number of aryl methyl sites for hydroxylation is 1. The highest BCUT2D eigenvalue weighted by Gasteiger charge is 2.19. The number of hydrogen-bond donors (Lipinski definition) is 1. The maximum atomic E-state index is 12.4. The number of rotatable bonds is 4. The Morgan fingerprint density at radius 2 is 2.08 bits per heavy atom. The number of anilines is 2. The zero-order valence-electron chi connectivity index (χ0n) is 14.4. The van der Waals surface area contributed by atoms with Crippen LogP contribution >= 0.6 is 15.9 Å². The number of amides is 1. The molecule has 1 aliphatic heterocycles. The molecule has 1 N–H and O–H groups in total. The van der Waals surface area contributed by atoms with Crippen LogP contribution in [0.15, 0.2) is 35.2 Å². The summed E-state index contributed by atoms with van der Waals surface area (Å²) < 4.78 is 2.64. The Morgan fingerprint density at radius 1 is 1.27 bits per heavy atom. The number of hydrogen-bond acceptors (Lipinski definition) is 5. The maximum absolute atomic E-state index is 12.4. The Morgan fingerprint density at radius 3 is 2.85 bits per heavy atom. The first-order valence-electron chi connectivity index (χ1n) is 8.59. The Balaban J connectivity index is 1.54. The largest absolute Gasteiger partial charge is 0.356 e. The number of carbonyl (C=O) groups is 1. The van der Waals surface area contributed by atoms with Crippen molar-refractivity contribution in [2.24, 2.45) is 0 Å². The van der Waals surface area contributed by atoms with Gasteiger partial charge in [-0.1, -0.05) is 15.9 Å². The summed E-state index contributed by atoms with van der Waals surface area (Å²) in [4.78, 5) is 23.4. The second-order valence-electron chi connectivity index (χ2n) is 6.44. The van der Waals surface area contributed by atoms with Crippen molar-refractivity contribution in [3.05, 3.63) is 40.8 Å². The summed E-state index contributed by atoms with van der Waals surface area (Å²) in [5.74, 6) is 0.765. The minimum Gasteiger partial charge on any atom is -0.356 e. The van der Waals surface area contributed by atoms with Crippen molar-refractivity contribution in [2.75, 3.05) is 23.3 Å². The molecule has 2 aromatic heterocycles. The Hall–Kier alpha value is -2.48. The number of aromatic nitrogens is 4. The van der Waals surface area contributed by atoms with E-state index < -0.39 is 0 Å². The molecule has 1 aromatic carbocycles. The summed E-state index contributed by atoms with van der Waals surface area (Å²) in [7, 11) is 0. The van der Waals surface area contributed by atoms with Crippen molar-refractivity contribution in [2.45, 2.75) is 26.3 Å². The molecule has 1 amide bonds. The number of fused-ring (bicyclic) bond motifs is 1. The van der Waals surface area contributed by atoms with Crippen molar-refractivity contribution < 1.29 is 4.79 Å². The number of halogens is 1. The lowest BCUT2D eigenvalue weighted by Gasteiger charge is -2.16. The van der Waals surface area contributed by atoms with Crippen LogP contribution in [0.3, 0.4) is 0 Å². The molecular formula is C18H19BrN6O. The molecule has 0 bridgehead atoms. The minimum absolute atomic E-state index is 0.106. The van der Waals surface area contributed by atoms with Gasteiger partial charge in [0.1, 0.15) is 18.7 Å². The Labute approximate surface area is 159 Å². The molecule has 4 rings (SSSR count). The van der Waals surface area contributed by atoms with Gasteiger partial charge >= 0.3 is 0 Å². The molecule has 0 atom stereocenters. The number of nitrogens with zero attached hydrogens (tertiary/aromatic N) is 5. The van der Waals surface area contributed by atoms with E-state index in [4.69, 9.17) is 0 Å². The number of benzene rings is 1. The van der Waals surface area contributed by atoms with Crippen molar-refractivity contribution in [3.63, 3.8) is 0 Å². The molecule has 1 fully saturated rings. The molecule has 0 spiro atoms. The maximum Gasteiger partial charge on any atom is 0.246 e. The van der Waals surface area contributed by atoms with Crippen molar-refractivity contribution >= 4 is 44.4 Å². The van der Waals surface area contributed by atoms with Gasteiger partial charge in [-0.15, -0.1) is 0 Å². The second-order valence-corrected chi connectivity index (χ2v) is 7.30. The third-order valence-electron chi connectivity index (χ3n) is 4.55. The summed E-state index contributed by atoms with van der Waals surface area (Å²) >= 11 is 3.46. The summed E-state index contributed by atoms with van der Waals surface area (Å²) in [5.41, 5.74) is 2.51. The van der Waals surface area contributed by atoms with Crippen LogP contribution in [0.5, 0.6) is 0 Å². The van der Waals surface area contributed by atoms with Crippen molar-refractivity contribution in [3.8, 4) is 0 Å². The summed E-state index contributed by atoms with van der Waals surface area (Å²) in [6, 6.07) is 5.71. The quantitative estimate of drug-likeness (QED) is 0.709. The molecule has 3 heterocycles. The fraction of sp³-hybridized carbons (Fsp3) is 0.333. The SMILES string of the molecule is Cc1cc(NC(=O)Cn2ncc3c(N4CCCC4)ncnc32)ccc1Br. The van der Waals surface area contributed by atoms with Gasteiger partial charge in [-0.25, -0.2) is 14.6 Å². The number of nitrogens with one attached hydrogen (secondary N) is 1. The molecule has 3 aromatic rings. The molecule has 26 heavy (non-hydrogen) atoms. The van der Waals surface area contributed by atoms with Crippen LogP contribution in [0.1, 0.15) is 18.4 Å². The predicted octanol–water partition coefficient (Wildman–Crippen LogP) is 3.14. The topological polar surface area (TPSA) is 75.9 Å². The van der Waals surface area contributed by atoms with E-state index in [1.54, 1.807) is 17.2 Å². The highest BCUT2D eigenvalue weighted by molar-refractivity contribution is 9.10. The van der Waals surface area contributed by atoms with Crippen LogP contribution in [0, 0.1) is 6.92 Å². The van der Waals surface area contributed by atoms with Crippen LogP contribution in [0.4, 0.5) is 11.5 Å². The highest BCUT2D eigenvalue weighted by Crippen LogP contribution is 2.25. The van der Waals surface area contributed by atoms with E-state index in [0.717, 1.165) is 40.0 Å². The van der Waals surface area contributed by atoms with Gasteiger partial charge in [0.25, 0.3) is 0 Å². The first-order valence-corrected chi connectivity index (χ1v) is 9.38. The van der Waals surface area contributed by atoms with Crippen LogP contribution < -0.4 is 10.2 Å². The number of carbonyl (C=O) groups excluding carboxylic acids is 1. The molecule has 7 nitrogen and oxygen atoms in total. The third-order valence-corrected chi connectivity index (χ3v) is 5.44. The molecule has 0 aliphatic carbocycles. The first kappa shape index (κ1) is 17.0. The van der Waals surface area contributed by atoms with Gasteiger partial charge in [-0.2, -0.15) is 5.10 Å². The zero-order valence-corrected chi connectivity index (χ0v) is 16.0. The lowest BCUT2D eigenvalue weighted by molar-refractivity contribution is -0.116. The van der Waals surface area contributed by atoms with Gasteiger partial charge in [0.15, 0.2) is 5.65 Å². The van der Waals surface area contributed by atoms with Crippen molar-refractivity contribution in [1.82, 2.24) is 19.7 Å². The fourth-order valence-electron chi connectivity index (χ4n) is 3.24. The molecule has 0 radical (unpaired) electrons. The van der Waals surface area contributed by atoms with E-state index in [1.165, 1.54) is 12.8 Å². The average Bonchev–Trinajstić information content (AvgIpc) is 3.28. The van der Waals surface area contributed by atoms with Gasteiger partial charge in [-0.3, -0.25) is 4.79 Å². The van der Waals surface area contributed by atoms with E-state index in [-0.39, 0.29) is 12.5 Å². The molecular weight excluding hydrogens is 396 g/mol. The average molecular weight is 415 g/mol. The lowest BCUT2D eigenvalue weighted by atomic mass is 10.2. The smallest absolute Gasteiger partial charge is 0.246 e. The van der Waals surface area contributed by atoms with E-state index in [2.05, 4.69) is 41.2 Å². The summed E-state index contributed by atoms with van der Waals surface area (Å²) in [6.07, 6.45) is 5.65. The Kier molecular flexibility index (Phi) is 4.58. The van der Waals surface area contributed by atoms with E-state index in [0.29, 0.717) is 5.65 Å². The lowest BCUT2D eigenvalue weighted by Crippen LogP contribution is -2.21. The van der Waals surface area contributed by atoms with Crippen molar-refractivity contribution in [1.29, 1.82) is 0 Å². The third kappa shape index (κ3) is 3.29. The van der Waals surface area contributed by atoms with E-state index >= 15 is 0 Å². The van der Waals surface area contributed by atoms with Crippen LogP contribution in [-0.4, -0.2) is 38.7 Å². The molecule has 1 saturated heterocycles. The molecule has 134 valence electrons. The summed E-state index contributed by atoms with van der Waals surface area (Å²) in [6.45, 7) is 4.09. The second kappa shape index (κ2) is 7.03. The monoisotopic (exact) mass is 414 g/mol.